The molecule has 3 N–H and O–H groups in total. The lowest BCUT2D eigenvalue weighted by atomic mass is 10.1. The van der Waals surface area contributed by atoms with Crippen molar-refractivity contribution in [3.05, 3.63) is 23.3 Å². The van der Waals surface area contributed by atoms with Crippen LogP contribution >= 0.6 is 0 Å². The van der Waals surface area contributed by atoms with E-state index in [9.17, 15) is 4.79 Å². The fraction of sp³-hybridized carbons (Fsp3) is 0.500. The van der Waals surface area contributed by atoms with Gasteiger partial charge >= 0.3 is 5.97 Å². The quantitative estimate of drug-likeness (QED) is 0.759. The molecule has 5 heteroatoms. The maximum atomic E-state index is 10.4. The first-order chi connectivity index (χ1) is 9.10. The first-order valence-electron chi connectivity index (χ1n) is 6.40. The fourth-order valence-electron chi connectivity index (χ4n) is 2.38. The van der Waals surface area contributed by atoms with Crippen molar-refractivity contribution >= 4 is 5.97 Å². The molecule has 1 atom stereocenters. The Labute approximate surface area is 112 Å². The van der Waals surface area contributed by atoms with Gasteiger partial charge in [0.15, 0.2) is 0 Å². The first-order valence-corrected chi connectivity index (χ1v) is 6.40. The molecule has 0 heterocycles. The van der Waals surface area contributed by atoms with Crippen LogP contribution in [-0.4, -0.2) is 30.8 Å². The summed E-state index contributed by atoms with van der Waals surface area (Å²) in [6.45, 7) is 0.389. The Morgan fingerprint density at radius 3 is 2.95 bits per heavy atom. The summed E-state index contributed by atoms with van der Waals surface area (Å²) in [5.41, 5.74) is 8.28. The molecule has 0 saturated carbocycles. The summed E-state index contributed by atoms with van der Waals surface area (Å²) in [5.74, 6) is 0.717. The van der Waals surface area contributed by atoms with Gasteiger partial charge in [-0.3, -0.25) is 4.79 Å². The van der Waals surface area contributed by atoms with E-state index in [0.717, 1.165) is 29.9 Å². The molecule has 0 aliphatic heterocycles. The summed E-state index contributed by atoms with van der Waals surface area (Å²) in [6, 6.07) is 3.97. The van der Waals surface area contributed by atoms with Gasteiger partial charge in [-0.1, -0.05) is 0 Å². The van der Waals surface area contributed by atoms with Gasteiger partial charge in [0.2, 0.25) is 0 Å². The molecule has 1 unspecified atom stereocenters. The van der Waals surface area contributed by atoms with Crippen LogP contribution in [0.4, 0.5) is 0 Å². The first kappa shape index (κ1) is 13.7. The third-order valence-corrected chi connectivity index (χ3v) is 3.25. The van der Waals surface area contributed by atoms with Crippen LogP contribution in [0, 0.1) is 0 Å². The molecular formula is C14H19NO4. The van der Waals surface area contributed by atoms with Crippen LogP contribution in [0.25, 0.3) is 0 Å². The number of rotatable bonds is 6. The molecule has 0 fully saturated rings. The van der Waals surface area contributed by atoms with E-state index in [2.05, 4.69) is 0 Å². The average Bonchev–Trinajstić information content (AvgIpc) is 2.73. The van der Waals surface area contributed by atoms with Crippen LogP contribution in [0.15, 0.2) is 12.1 Å². The van der Waals surface area contributed by atoms with Crippen molar-refractivity contribution in [3.8, 4) is 11.5 Å². The number of hydrogen-bond donors (Lipinski definition) is 2. The zero-order valence-corrected chi connectivity index (χ0v) is 11.0. The number of fused-ring (bicyclic) bond motifs is 1. The van der Waals surface area contributed by atoms with Crippen molar-refractivity contribution in [2.24, 2.45) is 5.73 Å². The molecule has 104 valence electrons. The van der Waals surface area contributed by atoms with Crippen molar-refractivity contribution in [1.29, 1.82) is 0 Å². The van der Waals surface area contributed by atoms with E-state index in [4.69, 9.17) is 20.3 Å². The summed E-state index contributed by atoms with van der Waals surface area (Å²) in [7, 11) is 1.63. The smallest absolute Gasteiger partial charge is 0.303 e. The second-order valence-electron chi connectivity index (χ2n) is 4.78. The SMILES string of the molecule is COc1cc(OCCCC(=O)O)cc2c1CC(N)C2. The molecule has 19 heavy (non-hydrogen) atoms. The number of ether oxygens (including phenoxy) is 2. The molecule has 0 amide bonds. The maximum Gasteiger partial charge on any atom is 0.303 e. The van der Waals surface area contributed by atoms with E-state index < -0.39 is 5.97 Å². The Morgan fingerprint density at radius 1 is 1.47 bits per heavy atom. The number of methoxy groups -OCH3 is 1. The Morgan fingerprint density at radius 2 is 2.26 bits per heavy atom. The highest BCUT2D eigenvalue weighted by atomic mass is 16.5. The lowest BCUT2D eigenvalue weighted by Crippen LogP contribution is -2.19. The monoisotopic (exact) mass is 265 g/mol. The Kier molecular flexibility index (Phi) is 4.27. The van der Waals surface area contributed by atoms with Gasteiger partial charge < -0.3 is 20.3 Å². The van der Waals surface area contributed by atoms with Crippen molar-refractivity contribution in [2.45, 2.75) is 31.7 Å². The normalized spacial score (nSPS) is 17.1. The molecule has 1 aromatic carbocycles. The second kappa shape index (κ2) is 5.93. The van der Waals surface area contributed by atoms with Crippen LogP contribution in [0.1, 0.15) is 24.0 Å². The number of aliphatic carboxylic acids is 1. The molecule has 0 bridgehead atoms. The zero-order chi connectivity index (χ0) is 13.8. The minimum absolute atomic E-state index is 0.118. The van der Waals surface area contributed by atoms with Crippen molar-refractivity contribution in [3.63, 3.8) is 0 Å². The minimum atomic E-state index is -0.805. The largest absolute Gasteiger partial charge is 0.496 e. The number of hydrogen-bond acceptors (Lipinski definition) is 4. The van der Waals surface area contributed by atoms with Crippen molar-refractivity contribution in [1.82, 2.24) is 0 Å². The summed E-state index contributed by atoms with van der Waals surface area (Å²) in [6.07, 6.45) is 2.27. The standard InChI is InChI=1S/C14H19NO4/c1-18-13-8-11(19-4-2-3-14(16)17)6-9-5-10(15)7-12(9)13/h6,8,10H,2-5,7,15H2,1H3,(H,16,17). The van der Waals surface area contributed by atoms with Crippen LogP contribution in [0.5, 0.6) is 11.5 Å². The number of nitrogens with two attached hydrogens (primary N) is 1. The lowest BCUT2D eigenvalue weighted by molar-refractivity contribution is -0.137. The molecule has 0 aromatic heterocycles. The van der Waals surface area contributed by atoms with E-state index >= 15 is 0 Å². The van der Waals surface area contributed by atoms with Gasteiger partial charge in [-0.25, -0.2) is 0 Å². The van der Waals surface area contributed by atoms with Gasteiger partial charge in [0.1, 0.15) is 11.5 Å². The topological polar surface area (TPSA) is 81.8 Å². The van der Waals surface area contributed by atoms with E-state index in [-0.39, 0.29) is 12.5 Å². The fourth-order valence-corrected chi connectivity index (χ4v) is 2.38. The van der Waals surface area contributed by atoms with Gasteiger partial charge in [-0.2, -0.15) is 0 Å². The number of carboxylic acid groups (broad SMARTS) is 1. The lowest BCUT2D eigenvalue weighted by Gasteiger charge is -2.11. The van der Waals surface area contributed by atoms with E-state index in [1.165, 1.54) is 5.56 Å². The predicted molar refractivity (Wildman–Crippen MR) is 70.7 cm³/mol. The van der Waals surface area contributed by atoms with Gasteiger partial charge in [-0.15, -0.1) is 0 Å². The molecule has 1 aliphatic carbocycles. The zero-order valence-electron chi connectivity index (χ0n) is 11.0. The van der Waals surface area contributed by atoms with Crippen LogP contribution in [0.2, 0.25) is 0 Å². The number of carboxylic acids is 1. The Hall–Kier alpha value is -1.75. The van der Waals surface area contributed by atoms with E-state index in [0.29, 0.717) is 13.0 Å². The molecular weight excluding hydrogens is 246 g/mol. The minimum Gasteiger partial charge on any atom is -0.496 e. The van der Waals surface area contributed by atoms with Crippen molar-refractivity contribution in [2.75, 3.05) is 13.7 Å². The molecule has 1 aromatic rings. The van der Waals surface area contributed by atoms with Crippen molar-refractivity contribution < 1.29 is 19.4 Å². The number of benzene rings is 1. The summed E-state index contributed by atoms with van der Waals surface area (Å²) in [5, 5.41) is 8.56. The van der Waals surface area contributed by atoms with Gasteiger partial charge in [-0.05, 0) is 36.5 Å². The summed E-state index contributed by atoms with van der Waals surface area (Å²) in [4.78, 5) is 10.4. The molecule has 2 rings (SSSR count). The third kappa shape index (κ3) is 3.38. The maximum absolute atomic E-state index is 10.4. The molecule has 0 saturated heterocycles. The average molecular weight is 265 g/mol. The summed E-state index contributed by atoms with van der Waals surface area (Å²) < 4.78 is 10.9. The highest BCUT2D eigenvalue weighted by Gasteiger charge is 2.23. The van der Waals surface area contributed by atoms with Gasteiger partial charge in [0.05, 0.1) is 13.7 Å². The number of carbonyl (C=O) groups is 1. The van der Waals surface area contributed by atoms with E-state index in [1.54, 1.807) is 7.11 Å². The van der Waals surface area contributed by atoms with Crippen LogP contribution in [-0.2, 0) is 17.6 Å². The van der Waals surface area contributed by atoms with Crippen LogP contribution in [0.3, 0.4) is 0 Å². The van der Waals surface area contributed by atoms with Crippen LogP contribution < -0.4 is 15.2 Å². The third-order valence-electron chi connectivity index (χ3n) is 3.25. The molecule has 5 nitrogen and oxygen atoms in total. The highest BCUT2D eigenvalue weighted by Crippen LogP contribution is 2.34. The van der Waals surface area contributed by atoms with Gasteiger partial charge in [0, 0.05) is 18.5 Å². The van der Waals surface area contributed by atoms with E-state index in [1.807, 2.05) is 12.1 Å². The molecule has 1 aliphatic rings. The predicted octanol–water partition coefficient (Wildman–Crippen LogP) is 1.36. The second-order valence-corrected chi connectivity index (χ2v) is 4.78. The Bertz CT molecular complexity index is 473. The summed E-state index contributed by atoms with van der Waals surface area (Å²) >= 11 is 0. The van der Waals surface area contributed by atoms with Gasteiger partial charge in [0.25, 0.3) is 0 Å². The highest BCUT2D eigenvalue weighted by molar-refractivity contribution is 5.66. The molecule has 0 spiro atoms. The molecule has 0 radical (unpaired) electrons. The Balaban J connectivity index is 2.02.